The number of amides is 2. The van der Waals surface area contributed by atoms with Crippen molar-refractivity contribution in [2.45, 2.75) is 38.4 Å². The van der Waals surface area contributed by atoms with Gasteiger partial charge < -0.3 is 29.9 Å². The Morgan fingerprint density at radius 1 is 1.23 bits per heavy atom. The number of carbonyl (C=O) groups excluding carboxylic acids is 2. The summed E-state index contributed by atoms with van der Waals surface area (Å²) in [6.45, 7) is 4.41. The molecule has 0 spiro atoms. The Kier molecular flexibility index (Phi) is 9.74. The van der Waals surface area contributed by atoms with Gasteiger partial charge in [0.15, 0.2) is 0 Å². The Balaban J connectivity index is 1.22. The number of rotatable bonds is 11. The number of nitrogens with one attached hydrogen (secondary N) is 2. The molecular weight excluding hydrogens is 575 g/mol. The molecule has 2 N–H and O–H groups in total. The van der Waals surface area contributed by atoms with Gasteiger partial charge in [-0.3, -0.25) is 9.59 Å². The summed E-state index contributed by atoms with van der Waals surface area (Å²) in [6.07, 6.45) is 3.28. The zero-order chi connectivity index (χ0) is 30.5. The number of fused-ring (bicyclic) bond motifs is 1. The second-order valence-corrected chi connectivity index (χ2v) is 11.5. The van der Waals surface area contributed by atoms with E-state index in [0.29, 0.717) is 72.0 Å². The van der Waals surface area contributed by atoms with Crippen LogP contribution in [-0.2, 0) is 16.1 Å². The van der Waals surface area contributed by atoms with Crippen LogP contribution < -0.4 is 15.4 Å². The summed E-state index contributed by atoms with van der Waals surface area (Å²) in [5.41, 5.74) is 3.08. The highest BCUT2D eigenvalue weighted by molar-refractivity contribution is 6.33. The lowest BCUT2D eigenvalue weighted by atomic mass is 10.0. The summed E-state index contributed by atoms with van der Waals surface area (Å²) in [4.78, 5) is 38.7. The number of anilines is 1. The summed E-state index contributed by atoms with van der Waals surface area (Å²) in [5.74, 6) is -0.191. The molecule has 10 nitrogen and oxygen atoms in total. The Morgan fingerprint density at radius 2 is 2.02 bits per heavy atom. The molecule has 3 aromatic rings. The van der Waals surface area contributed by atoms with Gasteiger partial charge in [-0.1, -0.05) is 23.7 Å². The molecule has 1 saturated heterocycles. The van der Waals surface area contributed by atoms with Gasteiger partial charge in [-0.25, -0.2) is 14.4 Å². The maximum absolute atomic E-state index is 14.3. The third-order valence-electron chi connectivity index (χ3n) is 7.47. The summed E-state index contributed by atoms with van der Waals surface area (Å²) in [7, 11) is 3.85. The van der Waals surface area contributed by atoms with Crippen LogP contribution in [0.1, 0.15) is 47.3 Å². The number of hydrogen-bond acceptors (Lipinski definition) is 8. The fraction of sp³-hybridized carbons (Fsp3) is 0.419. The normalized spacial score (nSPS) is 15.9. The Hall–Kier alpha value is -3.80. The predicted molar refractivity (Wildman–Crippen MR) is 162 cm³/mol. The molecule has 0 bridgehead atoms. The number of ether oxygens (including phenoxy) is 2. The van der Waals surface area contributed by atoms with Gasteiger partial charge in [0.05, 0.1) is 23.0 Å². The Labute approximate surface area is 255 Å². The standard InChI is InChI=1S/C31H36ClFN6O4/c1-19(22-12-23(33)15-25(13-22)43-11-8-38(2)3)35-28(40)18-39-17-21-5-4-20(14-26(21)30(39)41)29-27(32)16-34-31(37-29)36-24-6-9-42-10-7-24/h4-5,12-16,19,24H,6-11,17-18H2,1-3H3,(H,35,40)(H,34,36,37). The van der Waals surface area contributed by atoms with E-state index in [-0.39, 0.29) is 24.4 Å². The minimum absolute atomic E-state index is 0.137. The molecule has 5 rings (SSSR count). The van der Waals surface area contributed by atoms with Gasteiger partial charge in [0.1, 0.15) is 24.7 Å². The molecule has 2 amide bonds. The van der Waals surface area contributed by atoms with E-state index < -0.39 is 11.9 Å². The van der Waals surface area contributed by atoms with Crippen molar-refractivity contribution in [2.75, 3.05) is 52.3 Å². The molecule has 0 radical (unpaired) electrons. The van der Waals surface area contributed by atoms with E-state index in [4.69, 9.17) is 21.1 Å². The fourth-order valence-corrected chi connectivity index (χ4v) is 5.31. The molecule has 12 heteroatoms. The van der Waals surface area contributed by atoms with Gasteiger partial charge in [0.25, 0.3) is 5.91 Å². The number of halogens is 2. The molecule has 1 aromatic heterocycles. The van der Waals surface area contributed by atoms with Crippen molar-refractivity contribution in [1.82, 2.24) is 25.1 Å². The summed E-state index contributed by atoms with van der Waals surface area (Å²) in [6, 6.07) is 9.61. The van der Waals surface area contributed by atoms with Crippen molar-refractivity contribution in [1.29, 1.82) is 0 Å². The van der Waals surface area contributed by atoms with Crippen molar-refractivity contribution >= 4 is 29.4 Å². The largest absolute Gasteiger partial charge is 0.492 e. The molecule has 0 aliphatic carbocycles. The van der Waals surface area contributed by atoms with Crippen LogP contribution in [0.25, 0.3) is 11.3 Å². The van der Waals surface area contributed by atoms with Crippen LogP contribution in [0.3, 0.4) is 0 Å². The average Bonchev–Trinajstić information content (AvgIpc) is 3.28. The van der Waals surface area contributed by atoms with Crippen molar-refractivity contribution in [3.63, 3.8) is 0 Å². The van der Waals surface area contributed by atoms with E-state index in [0.717, 1.165) is 18.4 Å². The van der Waals surface area contributed by atoms with E-state index in [1.165, 1.54) is 17.0 Å². The van der Waals surface area contributed by atoms with Crippen LogP contribution in [0.5, 0.6) is 5.75 Å². The van der Waals surface area contributed by atoms with Gasteiger partial charge in [-0.15, -0.1) is 0 Å². The maximum Gasteiger partial charge on any atom is 0.254 e. The summed E-state index contributed by atoms with van der Waals surface area (Å²) in [5, 5.41) is 6.59. The number of aromatic nitrogens is 2. The molecule has 228 valence electrons. The first-order valence-electron chi connectivity index (χ1n) is 14.3. The molecule has 0 saturated carbocycles. The smallest absolute Gasteiger partial charge is 0.254 e. The van der Waals surface area contributed by atoms with Crippen LogP contribution in [0.2, 0.25) is 5.02 Å². The number of carbonyl (C=O) groups is 2. The first kappa shape index (κ1) is 30.7. The van der Waals surface area contributed by atoms with Gasteiger partial charge in [0.2, 0.25) is 11.9 Å². The number of nitrogens with zero attached hydrogens (tertiary/aromatic N) is 4. The predicted octanol–water partition coefficient (Wildman–Crippen LogP) is 4.30. The van der Waals surface area contributed by atoms with Gasteiger partial charge in [0, 0.05) is 49.5 Å². The summed E-state index contributed by atoms with van der Waals surface area (Å²) >= 11 is 6.46. The highest BCUT2D eigenvalue weighted by Crippen LogP contribution is 2.32. The second-order valence-electron chi connectivity index (χ2n) is 11.1. The topological polar surface area (TPSA) is 109 Å². The SMILES string of the molecule is CC(NC(=O)CN1Cc2ccc(-c3nc(NC4CCOCC4)ncc3Cl)cc2C1=O)c1cc(F)cc(OCCN(C)C)c1. The molecular formula is C31H36ClFN6O4. The van der Waals surface area contributed by atoms with Crippen molar-refractivity contribution < 1.29 is 23.5 Å². The quantitative estimate of drug-likeness (QED) is 0.331. The highest BCUT2D eigenvalue weighted by atomic mass is 35.5. The van der Waals surface area contributed by atoms with E-state index in [9.17, 15) is 14.0 Å². The van der Waals surface area contributed by atoms with E-state index in [1.54, 1.807) is 25.3 Å². The third-order valence-corrected chi connectivity index (χ3v) is 7.75. The first-order valence-corrected chi connectivity index (χ1v) is 14.7. The zero-order valence-electron chi connectivity index (χ0n) is 24.5. The zero-order valence-corrected chi connectivity index (χ0v) is 25.3. The minimum atomic E-state index is -0.491. The Bertz CT molecular complexity index is 1480. The minimum Gasteiger partial charge on any atom is -0.492 e. The van der Waals surface area contributed by atoms with Crippen LogP contribution in [0.15, 0.2) is 42.6 Å². The lowest BCUT2D eigenvalue weighted by Gasteiger charge is -2.23. The molecule has 1 unspecified atom stereocenters. The lowest BCUT2D eigenvalue weighted by Crippen LogP contribution is -2.38. The Morgan fingerprint density at radius 3 is 2.79 bits per heavy atom. The van der Waals surface area contributed by atoms with E-state index in [2.05, 4.69) is 20.6 Å². The van der Waals surface area contributed by atoms with Crippen molar-refractivity contribution in [3.05, 3.63) is 70.1 Å². The average molecular weight is 611 g/mol. The van der Waals surface area contributed by atoms with Gasteiger partial charge in [-0.05, 0) is 63.2 Å². The molecule has 2 aromatic carbocycles. The summed E-state index contributed by atoms with van der Waals surface area (Å²) < 4.78 is 25.4. The lowest BCUT2D eigenvalue weighted by molar-refractivity contribution is -0.122. The van der Waals surface area contributed by atoms with E-state index >= 15 is 0 Å². The van der Waals surface area contributed by atoms with Crippen LogP contribution in [-0.4, -0.2) is 84.6 Å². The molecule has 1 atom stereocenters. The van der Waals surface area contributed by atoms with Crippen molar-refractivity contribution in [3.8, 4) is 17.0 Å². The molecule has 2 aliphatic rings. The van der Waals surface area contributed by atoms with Crippen LogP contribution in [0.4, 0.5) is 10.3 Å². The third kappa shape index (κ3) is 7.78. The second kappa shape index (κ2) is 13.7. The number of hydrogen-bond donors (Lipinski definition) is 2. The molecule has 2 aliphatic heterocycles. The highest BCUT2D eigenvalue weighted by Gasteiger charge is 2.30. The fourth-order valence-electron chi connectivity index (χ4n) is 5.11. The van der Waals surface area contributed by atoms with Gasteiger partial charge >= 0.3 is 0 Å². The van der Waals surface area contributed by atoms with E-state index in [1.807, 2.05) is 31.1 Å². The van der Waals surface area contributed by atoms with Crippen LogP contribution >= 0.6 is 11.6 Å². The number of likely N-dealkylation sites (N-methyl/N-ethyl adjacent to an activating group) is 1. The van der Waals surface area contributed by atoms with Gasteiger partial charge in [-0.2, -0.15) is 0 Å². The van der Waals surface area contributed by atoms with Crippen LogP contribution in [0, 0.1) is 5.82 Å². The number of benzene rings is 2. The molecule has 43 heavy (non-hydrogen) atoms. The molecule has 3 heterocycles. The van der Waals surface area contributed by atoms with Crippen molar-refractivity contribution in [2.24, 2.45) is 0 Å². The maximum atomic E-state index is 14.3. The first-order chi connectivity index (χ1) is 20.7. The molecule has 1 fully saturated rings. The monoisotopic (exact) mass is 610 g/mol.